The van der Waals surface area contributed by atoms with E-state index in [1.54, 1.807) is 5.57 Å². The summed E-state index contributed by atoms with van der Waals surface area (Å²) in [5.41, 5.74) is 5.61. The topological polar surface area (TPSA) is 33.6 Å². The SMILES string of the molecule is C=C1/C=N\C=C/C/C=C\C([C@H]2CC[C@@H]3[C@]2(C)CC=C2C=C4CC[C@@H](NC)C[C@]45CC[C@@]23O5)=C/1. The summed E-state index contributed by atoms with van der Waals surface area (Å²) >= 11 is 0. The molecule has 0 amide bonds. The largest absolute Gasteiger partial charge is 0.359 e. The first-order valence-corrected chi connectivity index (χ1v) is 13.0. The van der Waals surface area contributed by atoms with Gasteiger partial charge in [0.15, 0.2) is 0 Å². The van der Waals surface area contributed by atoms with Gasteiger partial charge in [0.2, 0.25) is 0 Å². The van der Waals surface area contributed by atoms with E-state index in [9.17, 15) is 0 Å². The Bertz CT molecular complexity index is 1040. The first-order chi connectivity index (χ1) is 16.0. The monoisotopic (exact) mass is 442 g/mol. The Morgan fingerprint density at radius 2 is 2.06 bits per heavy atom. The maximum atomic E-state index is 7.37. The summed E-state index contributed by atoms with van der Waals surface area (Å²) in [4.78, 5) is 4.38. The minimum Gasteiger partial charge on any atom is -0.359 e. The predicted molar refractivity (Wildman–Crippen MR) is 136 cm³/mol. The van der Waals surface area contributed by atoms with Crippen molar-refractivity contribution in [2.24, 2.45) is 22.2 Å². The van der Waals surface area contributed by atoms with E-state index in [0.29, 0.717) is 17.9 Å². The quantitative estimate of drug-likeness (QED) is 0.539. The Morgan fingerprint density at radius 3 is 2.94 bits per heavy atom. The van der Waals surface area contributed by atoms with Crippen LogP contribution in [-0.2, 0) is 4.74 Å². The number of hydrogen-bond donors (Lipinski definition) is 1. The zero-order valence-electron chi connectivity index (χ0n) is 20.3. The van der Waals surface area contributed by atoms with Gasteiger partial charge in [-0.2, -0.15) is 0 Å². The number of ether oxygens (including phenoxy) is 1. The average Bonchev–Trinajstić information content (AvgIpc) is 3.32. The average molecular weight is 443 g/mol. The molecule has 3 heteroatoms. The van der Waals surface area contributed by atoms with Gasteiger partial charge in [-0.05, 0) is 104 Å². The second-order valence-electron chi connectivity index (χ2n) is 11.5. The molecule has 0 radical (unpaired) electrons. The third kappa shape index (κ3) is 3.19. The molecule has 2 bridgehead atoms. The number of allylic oxidation sites excluding steroid dienone is 7. The molecule has 6 rings (SSSR count). The van der Waals surface area contributed by atoms with E-state index < -0.39 is 0 Å². The number of nitrogens with zero attached hydrogens (tertiary/aromatic N) is 1. The maximum Gasteiger partial charge on any atom is 0.0974 e. The fourth-order valence-corrected chi connectivity index (χ4v) is 8.26. The Kier molecular flexibility index (Phi) is 5.08. The number of hydrogen-bond acceptors (Lipinski definition) is 3. The van der Waals surface area contributed by atoms with Gasteiger partial charge in [-0.15, -0.1) is 0 Å². The van der Waals surface area contributed by atoms with Gasteiger partial charge in [-0.1, -0.05) is 50.0 Å². The summed E-state index contributed by atoms with van der Waals surface area (Å²) in [5, 5.41) is 3.55. The molecule has 6 atom stereocenters. The molecule has 3 heterocycles. The van der Waals surface area contributed by atoms with Gasteiger partial charge in [0.1, 0.15) is 0 Å². The molecule has 0 unspecified atom stereocenters. The number of rotatable bonds is 2. The number of aliphatic imine (C=N–C) groups is 1. The molecule has 174 valence electrons. The van der Waals surface area contributed by atoms with Crippen LogP contribution in [0, 0.1) is 17.3 Å². The van der Waals surface area contributed by atoms with Crippen molar-refractivity contribution in [2.45, 2.75) is 82.0 Å². The Hall–Kier alpha value is -1.97. The first-order valence-electron chi connectivity index (χ1n) is 13.0. The van der Waals surface area contributed by atoms with Crippen molar-refractivity contribution < 1.29 is 4.74 Å². The fourth-order valence-electron chi connectivity index (χ4n) is 8.26. The molecule has 1 saturated heterocycles. The highest BCUT2D eigenvalue weighted by Gasteiger charge is 2.66. The van der Waals surface area contributed by atoms with Crippen molar-refractivity contribution >= 4 is 6.21 Å². The highest BCUT2D eigenvalue weighted by Crippen LogP contribution is 2.68. The molecule has 3 aliphatic heterocycles. The van der Waals surface area contributed by atoms with Crippen molar-refractivity contribution in [3.63, 3.8) is 0 Å². The van der Waals surface area contributed by atoms with Crippen molar-refractivity contribution in [3.8, 4) is 0 Å². The van der Waals surface area contributed by atoms with Gasteiger partial charge < -0.3 is 10.1 Å². The van der Waals surface area contributed by atoms with Gasteiger partial charge in [0.05, 0.1) is 11.2 Å². The minimum atomic E-state index is -0.0810. The summed E-state index contributed by atoms with van der Waals surface area (Å²) in [6.45, 7) is 6.80. The number of nitrogens with one attached hydrogen (secondary N) is 1. The molecule has 1 N–H and O–H groups in total. The summed E-state index contributed by atoms with van der Waals surface area (Å²) in [7, 11) is 2.11. The van der Waals surface area contributed by atoms with Crippen LogP contribution in [0.15, 0.2) is 76.5 Å². The smallest absolute Gasteiger partial charge is 0.0974 e. The van der Waals surface area contributed by atoms with Gasteiger partial charge >= 0.3 is 0 Å². The van der Waals surface area contributed by atoms with E-state index in [1.807, 2.05) is 12.4 Å². The van der Waals surface area contributed by atoms with Crippen LogP contribution in [-0.4, -0.2) is 30.5 Å². The lowest BCUT2D eigenvalue weighted by atomic mass is 9.57. The van der Waals surface area contributed by atoms with Gasteiger partial charge in [0, 0.05) is 18.5 Å². The summed E-state index contributed by atoms with van der Waals surface area (Å²) < 4.78 is 7.37. The van der Waals surface area contributed by atoms with Crippen molar-refractivity contribution in [3.05, 3.63) is 71.5 Å². The van der Waals surface area contributed by atoms with Crippen LogP contribution in [0.25, 0.3) is 0 Å². The summed E-state index contributed by atoms with van der Waals surface area (Å²) in [6.07, 6.45) is 28.4. The highest BCUT2D eigenvalue weighted by atomic mass is 16.5. The lowest BCUT2D eigenvalue weighted by Gasteiger charge is -2.54. The molecule has 2 spiro atoms. The summed E-state index contributed by atoms with van der Waals surface area (Å²) in [6, 6.07) is 0.578. The van der Waals surface area contributed by atoms with Gasteiger partial charge in [-0.25, -0.2) is 0 Å². The highest BCUT2D eigenvalue weighted by molar-refractivity contribution is 5.82. The molecular weight excluding hydrogens is 404 g/mol. The molecule has 33 heavy (non-hydrogen) atoms. The van der Waals surface area contributed by atoms with E-state index >= 15 is 0 Å². The lowest BCUT2D eigenvalue weighted by molar-refractivity contribution is -0.137. The van der Waals surface area contributed by atoms with E-state index in [0.717, 1.165) is 24.8 Å². The normalized spacial score (nSPS) is 48.4. The van der Waals surface area contributed by atoms with E-state index in [-0.39, 0.29) is 16.6 Å². The molecule has 3 fully saturated rings. The third-order valence-electron chi connectivity index (χ3n) is 9.86. The van der Waals surface area contributed by atoms with Crippen LogP contribution >= 0.6 is 0 Å². The molecule has 0 aromatic rings. The van der Waals surface area contributed by atoms with E-state index in [4.69, 9.17) is 4.74 Å². The van der Waals surface area contributed by atoms with E-state index in [1.165, 1.54) is 49.7 Å². The Labute approximate surface area is 199 Å². The van der Waals surface area contributed by atoms with Crippen LogP contribution in [0.3, 0.4) is 0 Å². The molecule has 3 aliphatic carbocycles. The standard InChI is InChI=1S/C30H38N2O/c1-21-17-22(7-5-4-6-16-32-20-21)26-10-11-27-28(26,2)13-12-24-18-23-8-9-25(31-3)19-29(23)14-15-30(24,27)33-29/h5-7,12,16-18,20,25-27,31H,1,4,8-11,13-15,19H2,2-3H3/b7-5-,16-6-,22-17+,32-20-/t25-,26-,27-,28-,29-,30-/m1/s1. The number of fused-ring (bicyclic) bond motifs is 1. The fraction of sp³-hybridized carbons (Fsp3) is 0.567. The van der Waals surface area contributed by atoms with Gasteiger partial charge in [-0.3, -0.25) is 4.99 Å². The van der Waals surface area contributed by atoms with Crippen LogP contribution in [0.1, 0.15) is 64.7 Å². The lowest BCUT2D eigenvalue weighted by Crippen LogP contribution is -2.55. The Morgan fingerprint density at radius 1 is 1.15 bits per heavy atom. The second-order valence-corrected chi connectivity index (χ2v) is 11.5. The van der Waals surface area contributed by atoms with Crippen molar-refractivity contribution in [1.29, 1.82) is 0 Å². The first kappa shape index (κ1) is 21.6. The van der Waals surface area contributed by atoms with Crippen LogP contribution in [0.4, 0.5) is 0 Å². The molecule has 6 aliphatic rings. The Balaban J connectivity index is 1.37. The minimum absolute atomic E-state index is 0.0216. The zero-order valence-corrected chi connectivity index (χ0v) is 20.3. The molecule has 0 aromatic heterocycles. The van der Waals surface area contributed by atoms with Crippen LogP contribution in [0.5, 0.6) is 0 Å². The van der Waals surface area contributed by atoms with Crippen LogP contribution in [0.2, 0.25) is 0 Å². The van der Waals surface area contributed by atoms with Crippen molar-refractivity contribution in [1.82, 2.24) is 5.32 Å². The van der Waals surface area contributed by atoms with Crippen LogP contribution < -0.4 is 5.32 Å². The third-order valence-corrected chi connectivity index (χ3v) is 9.86. The predicted octanol–water partition coefficient (Wildman–Crippen LogP) is 6.38. The molecule has 0 aromatic carbocycles. The van der Waals surface area contributed by atoms with Crippen molar-refractivity contribution in [2.75, 3.05) is 7.05 Å². The maximum absolute atomic E-state index is 7.37. The second kappa shape index (κ2) is 7.78. The molecule has 3 nitrogen and oxygen atoms in total. The molecular formula is C30H38N2O. The summed E-state index contributed by atoms with van der Waals surface area (Å²) in [5.74, 6) is 1.11. The zero-order chi connectivity index (χ0) is 22.7. The molecule has 2 saturated carbocycles. The van der Waals surface area contributed by atoms with Gasteiger partial charge in [0.25, 0.3) is 0 Å². The van der Waals surface area contributed by atoms with E-state index in [2.05, 4.69) is 67.3 Å².